The molecule has 3 aromatic rings. The van der Waals surface area contributed by atoms with Crippen molar-refractivity contribution in [2.75, 3.05) is 5.75 Å². The fourth-order valence-corrected chi connectivity index (χ4v) is 4.78. The van der Waals surface area contributed by atoms with Crippen molar-refractivity contribution < 1.29 is 13.2 Å². The van der Waals surface area contributed by atoms with Crippen molar-refractivity contribution in [3.05, 3.63) is 100 Å². The molecule has 154 valence electrons. The number of nitrogens with one attached hydrogen (secondary N) is 1. The van der Waals surface area contributed by atoms with Gasteiger partial charge in [0.15, 0.2) is 9.84 Å². The van der Waals surface area contributed by atoms with Gasteiger partial charge in [-0.15, -0.1) is 0 Å². The number of rotatable bonds is 6. The first-order valence-electron chi connectivity index (χ1n) is 9.50. The second-order valence-corrected chi connectivity index (χ2v) is 9.14. The van der Waals surface area contributed by atoms with Crippen LogP contribution in [0.25, 0.3) is 5.69 Å². The number of carbonyl (C=O) groups excluding carboxylic acids is 1. The molecule has 1 N–H and O–H groups in total. The molecule has 0 bridgehead atoms. The van der Waals surface area contributed by atoms with Gasteiger partial charge in [-0.1, -0.05) is 18.2 Å². The third-order valence-corrected chi connectivity index (χ3v) is 6.44. The normalized spacial score (nSPS) is 17.1. The van der Waals surface area contributed by atoms with Crippen LogP contribution < -0.4 is 5.56 Å². The van der Waals surface area contributed by atoms with Crippen molar-refractivity contribution in [2.24, 2.45) is 0 Å². The Balaban J connectivity index is 1.55. The molecule has 3 heterocycles. The average molecular weight is 423 g/mol. The lowest BCUT2D eigenvalue weighted by atomic mass is 10.1. The lowest BCUT2D eigenvalue weighted by Gasteiger charge is -2.27. The van der Waals surface area contributed by atoms with Crippen molar-refractivity contribution in [3.8, 4) is 5.69 Å². The fraction of sp³-hybridized carbons (Fsp3) is 0.182. The van der Waals surface area contributed by atoms with Gasteiger partial charge in [0.1, 0.15) is 0 Å². The lowest BCUT2D eigenvalue weighted by molar-refractivity contribution is -0.132. The predicted molar refractivity (Wildman–Crippen MR) is 114 cm³/mol. The molecule has 1 aliphatic heterocycles. The largest absolute Gasteiger partial charge is 0.330 e. The van der Waals surface area contributed by atoms with E-state index in [0.717, 1.165) is 16.7 Å². The Hall–Kier alpha value is -3.39. The number of benzene rings is 1. The van der Waals surface area contributed by atoms with Gasteiger partial charge in [-0.25, -0.2) is 8.42 Å². The number of carbonyl (C=O) groups is 1. The van der Waals surface area contributed by atoms with Crippen LogP contribution in [0.4, 0.5) is 0 Å². The summed E-state index contributed by atoms with van der Waals surface area (Å²) in [5.41, 5.74) is 1.91. The van der Waals surface area contributed by atoms with E-state index in [-0.39, 0.29) is 30.2 Å². The number of aromatic amines is 1. The smallest absolute Gasteiger partial charge is 0.252 e. The summed E-state index contributed by atoms with van der Waals surface area (Å²) in [4.78, 5) is 29.3. The highest BCUT2D eigenvalue weighted by atomic mass is 32.2. The maximum atomic E-state index is 13.1. The molecule has 0 saturated carbocycles. The van der Waals surface area contributed by atoms with E-state index < -0.39 is 15.9 Å². The Bertz CT molecular complexity index is 1230. The van der Waals surface area contributed by atoms with E-state index in [1.165, 1.54) is 17.2 Å². The summed E-state index contributed by atoms with van der Waals surface area (Å²) in [5.74, 6) is -0.408. The zero-order valence-electron chi connectivity index (χ0n) is 16.1. The van der Waals surface area contributed by atoms with E-state index >= 15 is 0 Å². The van der Waals surface area contributed by atoms with Crippen molar-refractivity contribution >= 4 is 15.7 Å². The van der Waals surface area contributed by atoms with Crippen LogP contribution in [0.15, 0.2) is 83.4 Å². The number of sulfone groups is 1. The van der Waals surface area contributed by atoms with Gasteiger partial charge in [0.05, 0.1) is 24.8 Å². The summed E-state index contributed by atoms with van der Waals surface area (Å²) in [6, 6.07) is 14.2. The van der Waals surface area contributed by atoms with Gasteiger partial charge in [0.25, 0.3) is 5.56 Å². The zero-order chi connectivity index (χ0) is 21.1. The summed E-state index contributed by atoms with van der Waals surface area (Å²) >= 11 is 0. The molecule has 1 amide bonds. The lowest BCUT2D eigenvalue weighted by Crippen LogP contribution is -2.42. The van der Waals surface area contributed by atoms with Crippen LogP contribution in [0.2, 0.25) is 0 Å². The Kier molecular flexibility index (Phi) is 5.41. The van der Waals surface area contributed by atoms with Crippen molar-refractivity contribution in [1.82, 2.24) is 14.5 Å². The van der Waals surface area contributed by atoms with E-state index in [2.05, 4.69) is 4.98 Å². The number of H-pyrrole nitrogens is 1. The van der Waals surface area contributed by atoms with E-state index in [1.807, 2.05) is 53.4 Å². The number of hydrogen-bond acceptors (Lipinski definition) is 4. The van der Waals surface area contributed by atoms with Gasteiger partial charge in [-0.3, -0.25) is 9.59 Å². The number of aromatic nitrogens is 2. The third kappa shape index (κ3) is 4.44. The Labute approximate surface area is 174 Å². The van der Waals surface area contributed by atoms with Crippen molar-refractivity contribution in [3.63, 3.8) is 0 Å². The topological polar surface area (TPSA) is 92.2 Å². The fourth-order valence-electron chi connectivity index (χ4n) is 3.48. The maximum absolute atomic E-state index is 13.1. The predicted octanol–water partition coefficient (Wildman–Crippen LogP) is 2.05. The molecule has 0 fully saturated rings. The molecule has 8 heteroatoms. The summed E-state index contributed by atoms with van der Waals surface area (Å²) < 4.78 is 25.8. The first-order chi connectivity index (χ1) is 14.4. The summed E-state index contributed by atoms with van der Waals surface area (Å²) in [6.07, 6.45) is 7.02. The number of amides is 1. The Morgan fingerprint density at radius 3 is 2.47 bits per heavy atom. The molecule has 0 saturated heterocycles. The highest BCUT2D eigenvalue weighted by molar-refractivity contribution is 7.94. The molecule has 7 nitrogen and oxygen atoms in total. The molecular formula is C22H21N3O4S. The Morgan fingerprint density at radius 1 is 1.10 bits per heavy atom. The average Bonchev–Trinajstić information content (AvgIpc) is 3.37. The van der Waals surface area contributed by atoms with Gasteiger partial charge in [-0.05, 0) is 42.0 Å². The molecule has 1 aliphatic rings. The van der Waals surface area contributed by atoms with E-state index in [9.17, 15) is 18.0 Å². The van der Waals surface area contributed by atoms with Crippen LogP contribution in [0, 0.1) is 0 Å². The maximum Gasteiger partial charge on any atom is 0.252 e. The molecule has 0 aliphatic carbocycles. The molecule has 1 unspecified atom stereocenters. The molecule has 1 atom stereocenters. The van der Waals surface area contributed by atoms with Crippen molar-refractivity contribution in [1.29, 1.82) is 0 Å². The minimum Gasteiger partial charge on any atom is -0.330 e. The standard InChI is InChI=1S/C22H21N3O4S/c26-21(14-17-5-7-19(8-6-17)24-11-1-2-12-24)25(20-9-13-30(28,29)16-20)15-18-4-3-10-23-22(18)27/h1-13,20H,14-16H2,(H,23,27). The number of pyridine rings is 1. The van der Waals surface area contributed by atoms with Crippen LogP contribution in [-0.4, -0.2) is 40.6 Å². The first-order valence-corrected chi connectivity index (χ1v) is 11.2. The van der Waals surface area contributed by atoms with Gasteiger partial charge < -0.3 is 14.5 Å². The summed E-state index contributed by atoms with van der Waals surface area (Å²) in [7, 11) is -3.34. The molecule has 30 heavy (non-hydrogen) atoms. The van der Waals surface area contributed by atoms with Crippen LogP contribution in [0.5, 0.6) is 0 Å². The number of hydrogen-bond donors (Lipinski definition) is 1. The van der Waals surface area contributed by atoms with Crippen LogP contribution >= 0.6 is 0 Å². The second-order valence-electron chi connectivity index (χ2n) is 7.21. The van der Waals surface area contributed by atoms with E-state index in [0.29, 0.717) is 5.56 Å². The SMILES string of the molecule is O=C(Cc1ccc(-n2cccc2)cc1)N(Cc1ccc[nH]c1=O)C1C=CS(=O)(=O)C1. The highest BCUT2D eigenvalue weighted by Crippen LogP contribution is 2.19. The van der Waals surface area contributed by atoms with E-state index in [4.69, 9.17) is 0 Å². The van der Waals surface area contributed by atoms with Crippen LogP contribution in [0.1, 0.15) is 11.1 Å². The van der Waals surface area contributed by atoms with Gasteiger partial charge >= 0.3 is 0 Å². The van der Waals surface area contributed by atoms with Gasteiger partial charge in [0, 0.05) is 35.2 Å². The first kappa shape index (κ1) is 19.9. The second kappa shape index (κ2) is 8.16. The van der Waals surface area contributed by atoms with Crippen LogP contribution in [0.3, 0.4) is 0 Å². The molecule has 4 rings (SSSR count). The zero-order valence-corrected chi connectivity index (χ0v) is 17.0. The van der Waals surface area contributed by atoms with Gasteiger partial charge in [0.2, 0.25) is 5.91 Å². The summed E-state index contributed by atoms with van der Waals surface area (Å²) in [6.45, 7) is 0.0426. The van der Waals surface area contributed by atoms with Crippen LogP contribution in [-0.2, 0) is 27.6 Å². The van der Waals surface area contributed by atoms with E-state index in [1.54, 1.807) is 12.1 Å². The molecule has 0 radical (unpaired) electrons. The quantitative estimate of drug-likeness (QED) is 0.657. The third-order valence-electron chi connectivity index (χ3n) is 5.07. The number of nitrogens with zero attached hydrogens (tertiary/aromatic N) is 2. The monoisotopic (exact) mass is 423 g/mol. The van der Waals surface area contributed by atoms with Crippen molar-refractivity contribution in [2.45, 2.75) is 19.0 Å². The highest BCUT2D eigenvalue weighted by Gasteiger charge is 2.30. The summed E-state index contributed by atoms with van der Waals surface area (Å²) in [5, 5.41) is 1.14. The molecule has 2 aromatic heterocycles. The molecule has 0 spiro atoms. The molecule has 1 aromatic carbocycles. The molecular weight excluding hydrogens is 402 g/mol. The minimum atomic E-state index is -3.34. The minimum absolute atomic E-state index is 0.0426. The van der Waals surface area contributed by atoms with Gasteiger partial charge in [-0.2, -0.15) is 0 Å². The Morgan fingerprint density at radius 2 is 1.83 bits per heavy atom.